The number of imide groups is 1. The van der Waals surface area contributed by atoms with E-state index in [1.807, 2.05) is 19.1 Å². The fraction of sp³-hybridized carbons (Fsp3) is 0.318. The molecule has 10 nitrogen and oxygen atoms in total. The molecule has 1 aliphatic rings. The Kier molecular flexibility index (Phi) is 6.75. The summed E-state index contributed by atoms with van der Waals surface area (Å²) in [6.45, 7) is 5.40. The second kappa shape index (κ2) is 9.35. The number of carbonyl (C=O) groups excluding carboxylic acids is 2. The number of halogens is 1. The number of azo groups is 1. The summed E-state index contributed by atoms with van der Waals surface area (Å²) < 4.78 is 1.18. The van der Waals surface area contributed by atoms with Gasteiger partial charge < -0.3 is 5.11 Å². The van der Waals surface area contributed by atoms with Gasteiger partial charge >= 0.3 is 0 Å². The smallest absolute Gasteiger partial charge is 0.271 e. The summed E-state index contributed by atoms with van der Waals surface area (Å²) in [5, 5.41) is 37.8. The Labute approximate surface area is 197 Å². The number of unbranched alkanes of at least 4 members (excludes halogenated alkanes) is 1. The Morgan fingerprint density at radius 3 is 2.33 bits per heavy atom. The highest BCUT2D eigenvalue weighted by atomic mass is 79.9. The fourth-order valence-corrected chi connectivity index (χ4v) is 4.22. The van der Waals surface area contributed by atoms with E-state index in [2.05, 4.69) is 26.2 Å². The van der Waals surface area contributed by atoms with E-state index in [1.165, 1.54) is 13.0 Å². The maximum Gasteiger partial charge on any atom is 0.271 e. The molecule has 0 fully saturated rings. The summed E-state index contributed by atoms with van der Waals surface area (Å²) >= 11 is 3.27. The number of benzene rings is 1. The zero-order valence-electron chi connectivity index (χ0n) is 18.1. The van der Waals surface area contributed by atoms with E-state index >= 15 is 0 Å². The number of nitriles is 2. The lowest BCUT2D eigenvalue weighted by atomic mass is 10.0. The molecule has 0 spiro atoms. The first-order valence-electron chi connectivity index (χ1n) is 10.1. The lowest BCUT2D eigenvalue weighted by Crippen LogP contribution is -2.29. The molecule has 1 aromatic carbocycles. The van der Waals surface area contributed by atoms with Gasteiger partial charge in [0.25, 0.3) is 17.4 Å². The van der Waals surface area contributed by atoms with Gasteiger partial charge in [0.1, 0.15) is 23.4 Å². The summed E-state index contributed by atoms with van der Waals surface area (Å²) in [6, 6.07) is 5.05. The van der Waals surface area contributed by atoms with Crippen molar-refractivity contribution in [2.75, 3.05) is 6.54 Å². The Balaban J connectivity index is 2.22. The molecule has 0 saturated carbocycles. The van der Waals surface area contributed by atoms with E-state index in [0.717, 1.165) is 15.9 Å². The maximum absolute atomic E-state index is 12.7. The minimum atomic E-state index is -0.625. The Bertz CT molecular complexity index is 1360. The number of aromatic hydroxyl groups is 1. The van der Waals surface area contributed by atoms with Crippen LogP contribution in [-0.2, 0) is 6.54 Å². The minimum absolute atomic E-state index is 0.0135. The number of carbonyl (C=O) groups is 2. The molecule has 11 heteroatoms. The van der Waals surface area contributed by atoms with E-state index in [9.17, 15) is 30.0 Å². The van der Waals surface area contributed by atoms with Crippen LogP contribution < -0.4 is 5.56 Å². The summed E-state index contributed by atoms with van der Waals surface area (Å²) in [6.07, 6.45) is 1.35. The average Bonchev–Trinajstić information content (AvgIpc) is 3.04. The van der Waals surface area contributed by atoms with Crippen molar-refractivity contribution in [3.8, 4) is 18.0 Å². The monoisotopic (exact) mass is 510 g/mol. The summed E-state index contributed by atoms with van der Waals surface area (Å²) in [5.41, 5.74) is -0.637. The molecule has 0 radical (unpaired) electrons. The number of rotatable bonds is 6. The first kappa shape index (κ1) is 23.8. The molecular weight excluding hydrogens is 492 g/mol. The highest BCUT2D eigenvalue weighted by molar-refractivity contribution is 9.10. The standard InChI is InChI=1S/C22H19BrN6O4/c1-4-6-7-29-20(31)14(10-25)11(3)17(22(29)33)26-27-18-12(9-24)8-13-15(16(18)23)21(32)28(5-2)19(13)30/h8,33H,4-7H2,1-3H3/b27-26+. The molecule has 0 aliphatic carbocycles. The van der Waals surface area contributed by atoms with Crippen LogP contribution in [0.25, 0.3) is 0 Å². The van der Waals surface area contributed by atoms with Gasteiger partial charge in [-0.25, -0.2) is 0 Å². The van der Waals surface area contributed by atoms with Crippen LogP contribution in [0.2, 0.25) is 0 Å². The van der Waals surface area contributed by atoms with Crippen LogP contribution in [0.5, 0.6) is 5.88 Å². The Morgan fingerprint density at radius 2 is 1.76 bits per heavy atom. The van der Waals surface area contributed by atoms with Crippen molar-refractivity contribution >= 4 is 39.1 Å². The van der Waals surface area contributed by atoms with Crippen molar-refractivity contribution in [2.24, 2.45) is 10.2 Å². The van der Waals surface area contributed by atoms with Crippen molar-refractivity contribution in [1.82, 2.24) is 9.47 Å². The topological polar surface area (TPSA) is 152 Å². The second-order valence-electron chi connectivity index (χ2n) is 7.27. The lowest BCUT2D eigenvalue weighted by Gasteiger charge is -2.13. The molecule has 0 saturated heterocycles. The molecule has 0 atom stereocenters. The maximum atomic E-state index is 12.7. The van der Waals surface area contributed by atoms with Gasteiger partial charge in [0.2, 0.25) is 5.88 Å². The van der Waals surface area contributed by atoms with Gasteiger partial charge in [-0.15, -0.1) is 10.2 Å². The van der Waals surface area contributed by atoms with Gasteiger partial charge in [-0.3, -0.25) is 23.9 Å². The first-order chi connectivity index (χ1) is 15.7. The van der Waals surface area contributed by atoms with Crippen LogP contribution >= 0.6 is 15.9 Å². The number of nitrogens with zero attached hydrogens (tertiary/aromatic N) is 6. The minimum Gasteiger partial charge on any atom is -0.493 e. The normalized spacial score (nSPS) is 12.8. The van der Waals surface area contributed by atoms with E-state index in [1.54, 1.807) is 6.92 Å². The number of hydrogen-bond donors (Lipinski definition) is 1. The van der Waals surface area contributed by atoms with Gasteiger partial charge in [0.15, 0.2) is 5.69 Å². The van der Waals surface area contributed by atoms with E-state index < -0.39 is 23.3 Å². The molecule has 33 heavy (non-hydrogen) atoms. The zero-order valence-corrected chi connectivity index (χ0v) is 19.7. The van der Waals surface area contributed by atoms with E-state index in [0.29, 0.717) is 6.42 Å². The first-order valence-corrected chi connectivity index (χ1v) is 10.9. The molecule has 168 valence electrons. The quantitative estimate of drug-likeness (QED) is 0.453. The van der Waals surface area contributed by atoms with Crippen LogP contribution in [0.4, 0.5) is 11.4 Å². The third-order valence-corrected chi connectivity index (χ3v) is 6.14. The van der Waals surface area contributed by atoms with Crippen molar-refractivity contribution in [3.63, 3.8) is 0 Å². The third-order valence-electron chi connectivity index (χ3n) is 5.37. The van der Waals surface area contributed by atoms with E-state index in [-0.39, 0.29) is 56.8 Å². The number of aromatic nitrogens is 1. The number of hydrogen-bond acceptors (Lipinski definition) is 8. The van der Waals surface area contributed by atoms with Crippen LogP contribution in [0.3, 0.4) is 0 Å². The highest BCUT2D eigenvalue weighted by Crippen LogP contribution is 2.41. The average molecular weight is 511 g/mol. The molecule has 1 N–H and O–H groups in total. The fourth-order valence-electron chi connectivity index (χ4n) is 3.54. The highest BCUT2D eigenvalue weighted by Gasteiger charge is 2.38. The molecular formula is C22H19BrN6O4. The molecule has 1 aliphatic heterocycles. The summed E-state index contributed by atoms with van der Waals surface area (Å²) in [4.78, 5) is 38.8. The van der Waals surface area contributed by atoms with Crippen LogP contribution in [0, 0.1) is 29.6 Å². The van der Waals surface area contributed by atoms with Crippen molar-refractivity contribution in [2.45, 2.75) is 40.2 Å². The summed E-state index contributed by atoms with van der Waals surface area (Å²) in [5.74, 6) is -1.48. The van der Waals surface area contributed by atoms with Crippen LogP contribution in [0.1, 0.15) is 64.1 Å². The Hall–Kier alpha value is -3.83. The Morgan fingerprint density at radius 1 is 1.09 bits per heavy atom. The molecule has 1 aromatic heterocycles. The zero-order chi connectivity index (χ0) is 24.4. The van der Waals surface area contributed by atoms with Gasteiger partial charge in [0, 0.05) is 18.7 Å². The molecule has 0 unspecified atom stereocenters. The van der Waals surface area contributed by atoms with Crippen LogP contribution in [0.15, 0.2) is 25.6 Å². The molecule has 2 aromatic rings. The van der Waals surface area contributed by atoms with Crippen molar-refractivity contribution in [3.05, 3.63) is 48.7 Å². The predicted octanol–water partition coefficient (Wildman–Crippen LogP) is 4.20. The van der Waals surface area contributed by atoms with Gasteiger partial charge in [0.05, 0.1) is 21.2 Å². The number of amides is 2. The van der Waals surface area contributed by atoms with Crippen molar-refractivity contribution in [1.29, 1.82) is 10.5 Å². The molecule has 3 rings (SSSR count). The second-order valence-corrected chi connectivity index (χ2v) is 8.06. The van der Waals surface area contributed by atoms with Crippen LogP contribution in [-0.4, -0.2) is 32.9 Å². The third kappa shape index (κ3) is 3.81. The number of pyridine rings is 1. The van der Waals surface area contributed by atoms with Gasteiger partial charge in [-0.05, 0) is 42.3 Å². The molecule has 0 bridgehead atoms. The number of fused-ring (bicyclic) bond motifs is 1. The lowest BCUT2D eigenvalue weighted by molar-refractivity contribution is 0.0662. The largest absolute Gasteiger partial charge is 0.493 e. The SMILES string of the molecule is CCCCn1c(O)c(/N=N/c2c(C#N)cc3c(c2Br)C(=O)N(CC)C3=O)c(C)c(C#N)c1=O. The van der Waals surface area contributed by atoms with Crippen molar-refractivity contribution < 1.29 is 14.7 Å². The predicted molar refractivity (Wildman–Crippen MR) is 121 cm³/mol. The van der Waals surface area contributed by atoms with Gasteiger partial charge in [-0.2, -0.15) is 10.5 Å². The van der Waals surface area contributed by atoms with Gasteiger partial charge in [-0.1, -0.05) is 13.3 Å². The summed E-state index contributed by atoms with van der Waals surface area (Å²) in [7, 11) is 0. The molecule has 2 heterocycles. The molecule has 2 amide bonds. The van der Waals surface area contributed by atoms with E-state index in [4.69, 9.17) is 0 Å².